The summed E-state index contributed by atoms with van der Waals surface area (Å²) in [6, 6.07) is 10.2. The minimum Gasteiger partial charge on any atom is -0.504 e. The predicted molar refractivity (Wildman–Crippen MR) is 89.4 cm³/mol. The Hall–Kier alpha value is -3.42. The average molecular weight is 344 g/mol. The minimum absolute atomic E-state index is 0.0371. The molecule has 2 aliphatic heterocycles. The Morgan fingerprint density at radius 3 is 2.12 bits per heavy atom. The molecule has 8 nitrogen and oxygen atoms in total. The first-order valence-corrected chi connectivity index (χ1v) is 7.42. The van der Waals surface area contributed by atoms with Crippen molar-refractivity contribution in [2.75, 3.05) is 31.0 Å². The Labute approximate surface area is 143 Å². The van der Waals surface area contributed by atoms with Crippen LogP contribution in [0.1, 0.15) is 0 Å². The average Bonchev–Trinajstić information content (AvgIpc) is 2.61. The molecule has 0 unspecified atom stereocenters. The van der Waals surface area contributed by atoms with Crippen LogP contribution >= 0.6 is 0 Å². The molecular formula is C17H16N2O6. The zero-order valence-electron chi connectivity index (χ0n) is 13.4. The van der Waals surface area contributed by atoms with Gasteiger partial charge in [0.25, 0.3) is 11.8 Å². The van der Waals surface area contributed by atoms with Crippen LogP contribution in [0.3, 0.4) is 0 Å². The van der Waals surface area contributed by atoms with Crippen molar-refractivity contribution in [3.8, 4) is 23.0 Å². The van der Waals surface area contributed by atoms with Gasteiger partial charge in [0, 0.05) is 0 Å². The number of rotatable bonds is 1. The molecule has 2 aromatic rings. The first-order chi connectivity index (χ1) is 12.1. The first kappa shape index (κ1) is 16.4. The summed E-state index contributed by atoms with van der Waals surface area (Å²) in [6.07, 6.45) is 0. The summed E-state index contributed by atoms with van der Waals surface area (Å²) < 4.78 is 15.3. The molecule has 0 atom stereocenters. The van der Waals surface area contributed by atoms with Crippen LogP contribution in [-0.2, 0) is 9.59 Å². The van der Waals surface area contributed by atoms with Crippen LogP contribution in [0.4, 0.5) is 11.4 Å². The minimum atomic E-state index is -0.201. The lowest BCUT2D eigenvalue weighted by molar-refractivity contribution is -0.119. The molecule has 0 radical (unpaired) electrons. The van der Waals surface area contributed by atoms with Crippen LogP contribution in [0.2, 0.25) is 0 Å². The van der Waals surface area contributed by atoms with E-state index in [4.69, 9.17) is 14.2 Å². The highest BCUT2D eigenvalue weighted by atomic mass is 16.5. The van der Waals surface area contributed by atoms with Crippen LogP contribution in [-0.4, -0.2) is 37.2 Å². The SMILES string of the molecule is COc1cccc2c1OCC(=O)N2.O=C1COc2c(O)cccc2N1. The highest BCUT2D eigenvalue weighted by Gasteiger charge is 2.19. The molecule has 25 heavy (non-hydrogen) atoms. The fourth-order valence-corrected chi connectivity index (χ4v) is 2.35. The standard InChI is InChI=1S/C9H9NO3.C8H7NO3/c1-12-7-4-2-3-6-9(7)13-5-8(11)10-6;10-6-3-1-2-5-8(6)12-4-7(11)9-5/h2-4H,5H2,1H3,(H,10,11);1-3,10H,4H2,(H,9,11). The summed E-state index contributed by atoms with van der Waals surface area (Å²) in [7, 11) is 1.56. The molecule has 0 aromatic heterocycles. The van der Waals surface area contributed by atoms with Gasteiger partial charge in [-0.3, -0.25) is 9.59 Å². The van der Waals surface area contributed by atoms with Gasteiger partial charge < -0.3 is 30.0 Å². The third kappa shape index (κ3) is 3.57. The quantitative estimate of drug-likeness (QED) is 0.728. The molecule has 0 spiro atoms. The van der Waals surface area contributed by atoms with Gasteiger partial charge in [0.2, 0.25) is 0 Å². The summed E-state index contributed by atoms with van der Waals surface area (Å²) in [5.41, 5.74) is 1.18. The number of fused-ring (bicyclic) bond motifs is 2. The molecule has 2 amide bonds. The maximum absolute atomic E-state index is 10.9. The molecule has 2 heterocycles. The van der Waals surface area contributed by atoms with Gasteiger partial charge in [0.15, 0.2) is 36.2 Å². The zero-order valence-corrected chi connectivity index (χ0v) is 13.4. The monoisotopic (exact) mass is 344 g/mol. The topological polar surface area (TPSA) is 106 Å². The molecule has 0 bridgehead atoms. The van der Waals surface area contributed by atoms with Crippen molar-refractivity contribution in [2.24, 2.45) is 0 Å². The highest BCUT2D eigenvalue weighted by molar-refractivity contribution is 5.96. The fourth-order valence-electron chi connectivity index (χ4n) is 2.35. The van der Waals surface area contributed by atoms with Gasteiger partial charge >= 0.3 is 0 Å². The number of para-hydroxylation sites is 2. The molecule has 3 N–H and O–H groups in total. The van der Waals surface area contributed by atoms with Crippen LogP contribution in [0.25, 0.3) is 0 Å². The molecule has 0 saturated carbocycles. The van der Waals surface area contributed by atoms with Crippen molar-refractivity contribution >= 4 is 23.2 Å². The van der Waals surface area contributed by atoms with Crippen molar-refractivity contribution in [3.05, 3.63) is 36.4 Å². The Morgan fingerprint density at radius 2 is 1.48 bits per heavy atom. The van der Waals surface area contributed by atoms with E-state index in [1.807, 2.05) is 0 Å². The summed E-state index contributed by atoms with van der Waals surface area (Å²) in [5, 5.41) is 14.5. The van der Waals surface area contributed by atoms with Crippen molar-refractivity contribution in [1.82, 2.24) is 0 Å². The van der Waals surface area contributed by atoms with Crippen LogP contribution < -0.4 is 24.8 Å². The number of phenolic OH excluding ortho intramolecular Hbond substituents is 1. The van der Waals surface area contributed by atoms with E-state index in [0.29, 0.717) is 28.6 Å². The van der Waals surface area contributed by atoms with Crippen LogP contribution in [0.5, 0.6) is 23.0 Å². The van der Waals surface area contributed by atoms with E-state index in [1.54, 1.807) is 37.4 Å². The molecule has 4 rings (SSSR count). The fraction of sp³-hybridized carbons (Fsp3) is 0.176. The molecule has 0 fully saturated rings. The second-order valence-corrected chi connectivity index (χ2v) is 5.16. The molecule has 0 aliphatic carbocycles. The molecular weight excluding hydrogens is 328 g/mol. The number of carbonyl (C=O) groups is 2. The van der Waals surface area contributed by atoms with E-state index in [-0.39, 0.29) is 30.8 Å². The van der Waals surface area contributed by atoms with Crippen molar-refractivity contribution in [3.63, 3.8) is 0 Å². The van der Waals surface area contributed by atoms with E-state index in [1.165, 1.54) is 6.07 Å². The number of anilines is 2. The third-order valence-electron chi connectivity index (χ3n) is 3.44. The Kier molecular flexibility index (Phi) is 4.60. The summed E-state index contributed by atoms with van der Waals surface area (Å²) in [4.78, 5) is 21.8. The van der Waals surface area contributed by atoms with Crippen molar-refractivity contribution in [2.45, 2.75) is 0 Å². The number of amides is 2. The maximum Gasteiger partial charge on any atom is 0.262 e. The molecule has 130 valence electrons. The van der Waals surface area contributed by atoms with Gasteiger partial charge in [0.05, 0.1) is 18.5 Å². The second kappa shape index (κ2) is 7.00. The first-order valence-electron chi connectivity index (χ1n) is 7.42. The molecule has 0 saturated heterocycles. The number of hydrogen-bond donors (Lipinski definition) is 3. The Morgan fingerprint density at radius 1 is 0.920 bits per heavy atom. The lowest BCUT2D eigenvalue weighted by Gasteiger charge is -2.19. The molecule has 8 heteroatoms. The largest absolute Gasteiger partial charge is 0.504 e. The number of phenols is 1. The number of methoxy groups -OCH3 is 1. The third-order valence-corrected chi connectivity index (χ3v) is 3.44. The molecule has 2 aliphatic rings. The number of benzene rings is 2. The number of nitrogens with one attached hydrogen (secondary N) is 2. The summed E-state index contributed by atoms with van der Waals surface area (Å²) >= 11 is 0. The van der Waals surface area contributed by atoms with Crippen molar-refractivity contribution < 1.29 is 28.9 Å². The lowest BCUT2D eigenvalue weighted by Crippen LogP contribution is -2.25. The number of carbonyl (C=O) groups excluding carboxylic acids is 2. The van der Waals surface area contributed by atoms with Crippen molar-refractivity contribution in [1.29, 1.82) is 0 Å². The van der Waals surface area contributed by atoms with E-state index in [9.17, 15) is 14.7 Å². The van der Waals surface area contributed by atoms with Gasteiger partial charge in [-0.15, -0.1) is 0 Å². The van der Waals surface area contributed by atoms with Gasteiger partial charge in [-0.1, -0.05) is 12.1 Å². The maximum atomic E-state index is 10.9. The van der Waals surface area contributed by atoms with Gasteiger partial charge in [-0.25, -0.2) is 0 Å². The van der Waals surface area contributed by atoms with Gasteiger partial charge in [0.1, 0.15) is 0 Å². The van der Waals surface area contributed by atoms with E-state index in [2.05, 4.69) is 10.6 Å². The number of aromatic hydroxyl groups is 1. The van der Waals surface area contributed by atoms with Crippen LogP contribution in [0, 0.1) is 0 Å². The summed E-state index contributed by atoms with van der Waals surface area (Å²) in [6.45, 7) is 0.0119. The van der Waals surface area contributed by atoms with Crippen LogP contribution in [0.15, 0.2) is 36.4 Å². The smallest absolute Gasteiger partial charge is 0.262 e. The zero-order chi connectivity index (χ0) is 17.8. The normalized spacial score (nSPS) is 14.3. The Balaban J connectivity index is 0.000000146. The van der Waals surface area contributed by atoms with E-state index < -0.39 is 0 Å². The predicted octanol–water partition coefficient (Wildman–Crippen LogP) is 1.75. The van der Waals surface area contributed by atoms with Gasteiger partial charge in [-0.05, 0) is 24.3 Å². The van der Waals surface area contributed by atoms with E-state index in [0.717, 1.165) is 0 Å². The number of ether oxygens (including phenoxy) is 3. The lowest BCUT2D eigenvalue weighted by atomic mass is 10.2. The summed E-state index contributed by atoms with van der Waals surface area (Å²) in [5.74, 6) is 1.29. The van der Waals surface area contributed by atoms with E-state index >= 15 is 0 Å². The van der Waals surface area contributed by atoms with Gasteiger partial charge in [-0.2, -0.15) is 0 Å². The second-order valence-electron chi connectivity index (χ2n) is 5.16. The highest BCUT2D eigenvalue weighted by Crippen LogP contribution is 2.37. The molecule has 2 aromatic carbocycles. The number of hydrogen-bond acceptors (Lipinski definition) is 6. The Bertz CT molecular complexity index is 821.